The number of carbonyl (C=O) groups is 3. The van der Waals surface area contributed by atoms with Crippen molar-refractivity contribution in [3.63, 3.8) is 0 Å². The van der Waals surface area contributed by atoms with Crippen molar-refractivity contribution in [3.8, 4) is 0 Å². The highest BCUT2D eigenvalue weighted by Gasteiger charge is 2.33. The minimum Gasteiger partial charge on any atom is -0.466 e. The first-order valence-corrected chi connectivity index (χ1v) is 12.7. The van der Waals surface area contributed by atoms with E-state index in [0.29, 0.717) is 12.5 Å². The van der Waals surface area contributed by atoms with Gasteiger partial charge in [-0.05, 0) is 89.9 Å². The summed E-state index contributed by atoms with van der Waals surface area (Å²) in [6.45, 7) is 7.65. The van der Waals surface area contributed by atoms with Crippen molar-refractivity contribution < 1.29 is 19.1 Å². The van der Waals surface area contributed by atoms with Crippen LogP contribution in [0.4, 0.5) is 0 Å². The van der Waals surface area contributed by atoms with Crippen molar-refractivity contribution in [2.24, 2.45) is 17.8 Å². The molecule has 3 saturated heterocycles. The van der Waals surface area contributed by atoms with E-state index in [1.807, 2.05) is 4.90 Å². The normalized spacial score (nSPS) is 25.9. The van der Waals surface area contributed by atoms with E-state index in [1.165, 1.54) is 12.8 Å². The zero-order valence-electron chi connectivity index (χ0n) is 19.7. The van der Waals surface area contributed by atoms with Gasteiger partial charge in [0.15, 0.2) is 0 Å². The topological polar surface area (TPSA) is 99.8 Å². The second-order valence-electron chi connectivity index (χ2n) is 9.64. The Hall–Kier alpha value is -1.67. The maximum absolute atomic E-state index is 13.0. The molecule has 0 bridgehead atoms. The molecule has 0 aromatic carbocycles. The lowest BCUT2D eigenvalue weighted by Gasteiger charge is -2.34. The third-order valence-electron chi connectivity index (χ3n) is 7.28. The number of piperidine rings is 3. The third-order valence-corrected chi connectivity index (χ3v) is 7.28. The van der Waals surface area contributed by atoms with Gasteiger partial charge in [0, 0.05) is 31.5 Å². The Morgan fingerprint density at radius 2 is 1.94 bits per heavy atom. The fourth-order valence-corrected chi connectivity index (χ4v) is 5.39. The standard InChI is InChI=1S/C24H42N4O4/c1-2-32-23(30)16-21(20-5-3-10-26-17-20)27-22(29)15-19-6-4-13-28(24(19)31)14-9-18-7-11-25-12-8-18/h18-21,25-26H,2-17H2,1H3,(H,27,29)/t19?,20-,21?/m1/s1. The minimum atomic E-state index is -0.277. The van der Waals surface area contributed by atoms with Crippen LogP contribution >= 0.6 is 0 Å². The smallest absolute Gasteiger partial charge is 0.307 e. The molecule has 0 saturated carbocycles. The predicted octanol–water partition coefficient (Wildman–Crippen LogP) is 1.44. The molecule has 3 aliphatic heterocycles. The van der Waals surface area contributed by atoms with E-state index in [-0.39, 0.29) is 48.5 Å². The molecule has 182 valence electrons. The van der Waals surface area contributed by atoms with Gasteiger partial charge in [0.1, 0.15) is 0 Å². The number of nitrogens with one attached hydrogen (secondary N) is 3. The lowest BCUT2D eigenvalue weighted by molar-refractivity contribution is -0.145. The summed E-state index contributed by atoms with van der Waals surface area (Å²) < 4.78 is 5.13. The second kappa shape index (κ2) is 13.1. The Morgan fingerprint density at radius 1 is 1.12 bits per heavy atom. The van der Waals surface area contributed by atoms with E-state index in [9.17, 15) is 14.4 Å². The van der Waals surface area contributed by atoms with Gasteiger partial charge in [-0.25, -0.2) is 0 Å². The van der Waals surface area contributed by atoms with Crippen LogP contribution in [0, 0.1) is 17.8 Å². The molecule has 32 heavy (non-hydrogen) atoms. The molecule has 8 heteroatoms. The monoisotopic (exact) mass is 450 g/mol. The molecule has 3 rings (SSSR count). The molecule has 3 heterocycles. The van der Waals surface area contributed by atoms with Gasteiger partial charge < -0.3 is 25.6 Å². The molecule has 2 unspecified atom stereocenters. The van der Waals surface area contributed by atoms with E-state index in [4.69, 9.17) is 4.74 Å². The Morgan fingerprint density at radius 3 is 2.66 bits per heavy atom. The molecule has 3 atom stereocenters. The van der Waals surface area contributed by atoms with Crippen LogP contribution in [-0.2, 0) is 19.1 Å². The Bertz CT molecular complexity index is 617. The Labute approximate surface area is 192 Å². The zero-order valence-corrected chi connectivity index (χ0v) is 19.7. The van der Waals surface area contributed by atoms with Gasteiger partial charge in [0.05, 0.1) is 13.0 Å². The number of amides is 2. The fraction of sp³-hybridized carbons (Fsp3) is 0.875. The predicted molar refractivity (Wildman–Crippen MR) is 123 cm³/mol. The molecular formula is C24H42N4O4. The summed E-state index contributed by atoms with van der Waals surface area (Å²) in [6, 6.07) is -0.246. The number of carbonyl (C=O) groups excluding carboxylic acids is 3. The maximum atomic E-state index is 13.0. The van der Waals surface area contributed by atoms with Crippen LogP contribution in [0.15, 0.2) is 0 Å². The fourth-order valence-electron chi connectivity index (χ4n) is 5.39. The Balaban J connectivity index is 1.50. The highest BCUT2D eigenvalue weighted by Crippen LogP contribution is 2.24. The number of esters is 1. The molecule has 0 aliphatic carbocycles. The summed E-state index contributed by atoms with van der Waals surface area (Å²) in [5.74, 6) is 0.386. The lowest BCUT2D eigenvalue weighted by Crippen LogP contribution is -2.49. The largest absolute Gasteiger partial charge is 0.466 e. The number of nitrogens with zero attached hydrogens (tertiary/aromatic N) is 1. The number of hydrogen-bond acceptors (Lipinski definition) is 6. The first kappa shape index (κ1) is 25.0. The Kier molecular flexibility index (Phi) is 10.2. The number of ether oxygens (including phenoxy) is 1. The van der Waals surface area contributed by atoms with Gasteiger partial charge in [0.25, 0.3) is 0 Å². The van der Waals surface area contributed by atoms with Gasteiger partial charge in [-0.3, -0.25) is 14.4 Å². The lowest BCUT2D eigenvalue weighted by atomic mass is 9.88. The van der Waals surface area contributed by atoms with Crippen molar-refractivity contribution >= 4 is 17.8 Å². The van der Waals surface area contributed by atoms with Crippen LogP contribution < -0.4 is 16.0 Å². The molecule has 0 aromatic heterocycles. The van der Waals surface area contributed by atoms with E-state index in [0.717, 1.165) is 71.4 Å². The van der Waals surface area contributed by atoms with Gasteiger partial charge in [0.2, 0.25) is 11.8 Å². The molecule has 3 fully saturated rings. The summed E-state index contributed by atoms with van der Waals surface area (Å²) in [6.07, 6.45) is 7.56. The summed E-state index contributed by atoms with van der Waals surface area (Å²) in [7, 11) is 0. The van der Waals surface area contributed by atoms with Crippen LogP contribution in [0.25, 0.3) is 0 Å². The maximum Gasteiger partial charge on any atom is 0.307 e. The number of likely N-dealkylation sites (tertiary alicyclic amines) is 1. The van der Waals surface area contributed by atoms with Crippen LogP contribution in [0.2, 0.25) is 0 Å². The first-order chi connectivity index (χ1) is 15.6. The summed E-state index contributed by atoms with van der Waals surface area (Å²) in [5.41, 5.74) is 0. The molecule has 0 radical (unpaired) electrons. The van der Waals surface area contributed by atoms with Crippen molar-refractivity contribution in [1.29, 1.82) is 0 Å². The second-order valence-corrected chi connectivity index (χ2v) is 9.64. The van der Waals surface area contributed by atoms with E-state index in [1.54, 1.807) is 6.92 Å². The van der Waals surface area contributed by atoms with Crippen LogP contribution in [0.3, 0.4) is 0 Å². The van der Waals surface area contributed by atoms with Crippen molar-refractivity contribution in [2.45, 2.75) is 70.8 Å². The van der Waals surface area contributed by atoms with E-state index < -0.39 is 0 Å². The summed E-state index contributed by atoms with van der Waals surface area (Å²) >= 11 is 0. The molecule has 2 amide bonds. The molecular weight excluding hydrogens is 408 g/mol. The van der Waals surface area contributed by atoms with E-state index >= 15 is 0 Å². The molecule has 8 nitrogen and oxygen atoms in total. The highest BCUT2D eigenvalue weighted by atomic mass is 16.5. The third kappa shape index (κ3) is 7.73. The molecule has 3 N–H and O–H groups in total. The SMILES string of the molecule is CCOC(=O)CC(NC(=O)CC1CCCN(CCC2CCNCC2)C1=O)[C@@H]1CCCNC1. The average Bonchev–Trinajstić information content (AvgIpc) is 2.80. The quantitative estimate of drug-likeness (QED) is 0.436. The van der Waals surface area contributed by atoms with Gasteiger partial charge in [-0.2, -0.15) is 0 Å². The average molecular weight is 451 g/mol. The number of rotatable bonds is 10. The summed E-state index contributed by atoms with van der Waals surface area (Å²) in [5, 5.41) is 9.84. The van der Waals surface area contributed by atoms with Crippen molar-refractivity contribution in [3.05, 3.63) is 0 Å². The van der Waals surface area contributed by atoms with Gasteiger partial charge >= 0.3 is 5.97 Å². The number of hydrogen-bond donors (Lipinski definition) is 3. The van der Waals surface area contributed by atoms with Crippen molar-refractivity contribution in [2.75, 3.05) is 45.9 Å². The van der Waals surface area contributed by atoms with Gasteiger partial charge in [-0.15, -0.1) is 0 Å². The highest BCUT2D eigenvalue weighted by molar-refractivity contribution is 5.86. The molecule has 0 spiro atoms. The van der Waals surface area contributed by atoms with Crippen molar-refractivity contribution in [1.82, 2.24) is 20.9 Å². The summed E-state index contributed by atoms with van der Waals surface area (Å²) in [4.78, 5) is 40.0. The van der Waals surface area contributed by atoms with Crippen LogP contribution in [0.1, 0.15) is 64.7 Å². The molecule has 3 aliphatic rings. The van der Waals surface area contributed by atoms with Gasteiger partial charge in [-0.1, -0.05) is 0 Å². The first-order valence-electron chi connectivity index (χ1n) is 12.7. The van der Waals surface area contributed by atoms with E-state index in [2.05, 4.69) is 16.0 Å². The van der Waals surface area contributed by atoms with Crippen LogP contribution in [-0.4, -0.2) is 74.6 Å². The molecule has 0 aromatic rings. The van der Waals surface area contributed by atoms with Crippen LogP contribution in [0.5, 0.6) is 0 Å². The minimum absolute atomic E-state index is 0.122. The zero-order chi connectivity index (χ0) is 22.8.